The summed E-state index contributed by atoms with van der Waals surface area (Å²) in [6.07, 6.45) is 1.49. The molecule has 0 saturated carbocycles. The van der Waals surface area contributed by atoms with Crippen LogP contribution in [0.25, 0.3) is 0 Å². The monoisotopic (exact) mass is 329 g/mol. The molecule has 0 radical (unpaired) electrons. The number of anilines is 1. The Morgan fingerprint density at radius 3 is 2.50 bits per heavy atom. The molecule has 1 heterocycles. The van der Waals surface area contributed by atoms with Gasteiger partial charge in [0.2, 0.25) is 5.91 Å². The molecule has 0 aliphatic heterocycles. The zero-order chi connectivity index (χ0) is 17.5. The molecule has 1 aromatic carbocycles. The highest BCUT2D eigenvalue weighted by atomic mass is 16.5. The molecular formula is C19H27N3O2. The summed E-state index contributed by atoms with van der Waals surface area (Å²) in [4.78, 5) is 11.9. The van der Waals surface area contributed by atoms with Crippen molar-refractivity contribution >= 4 is 11.7 Å². The summed E-state index contributed by atoms with van der Waals surface area (Å²) in [6.45, 7) is 8.96. The van der Waals surface area contributed by atoms with Crippen LogP contribution in [0.1, 0.15) is 50.1 Å². The van der Waals surface area contributed by atoms with Gasteiger partial charge in [-0.25, -0.2) is 0 Å². The first-order chi connectivity index (χ1) is 11.4. The van der Waals surface area contributed by atoms with Crippen LogP contribution in [0, 0.1) is 12.8 Å². The van der Waals surface area contributed by atoms with Crippen molar-refractivity contribution in [3.05, 3.63) is 47.2 Å². The van der Waals surface area contributed by atoms with Crippen LogP contribution in [-0.2, 0) is 11.2 Å². The number of nitrogens with one attached hydrogen (secondary N) is 2. The van der Waals surface area contributed by atoms with E-state index in [-0.39, 0.29) is 11.9 Å². The molecule has 2 aromatic rings. The second kappa shape index (κ2) is 8.64. The Hall–Kier alpha value is -2.14. The lowest BCUT2D eigenvalue weighted by atomic mass is 10.00. The Kier molecular flexibility index (Phi) is 6.55. The fourth-order valence-electron chi connectivity index (χ4n) is 2.56. The van der Waals surface area contributed by atoms with E-state index in [1.165, 1.54) is 11.1 Å². The Bertz CT molecular complexity index is 647. The normalized spacial score (nSPS) is 12.4. The highest BCUT2D eigenvalue weighted by Crippen LogP contribution is 2.15. The van der Waals surface area contributed by atoms with Gasteiger partial charge in [-0.2, -0.15) is 0 Å². The Labute approximate surface area is 143 Å². The average molecular weight is 329 g/mol. The van der Waals surface area contributed by atoms with E-state index in [0.29, 0.717) is 30.5 Å². The predicted molar refractivity (Wildman–Crippen MR) is 95.9 cm³/mol. The summed E-state index contributed by atoms with van der Waals surface area (Å²) >= 11 is 0. The molecule has 0 aliphatic carbocycles. The maximum absolute atomic E-state index is 11.9. The summed E-state index contributed by atoms with van der Waals surface area (Å²) in [7, 11) is 0. The Morgan fingerprint density at radius 2 is 1.92 bits per heavy atom. The maximum Gasteiger partial charge on any atom is 0.226 e. The van der Waals surface area contributed by atoms with Crippen molar-refractivity contribution in [1.82, 2.24) is 10.5 Å². The standard InChI is InChI=1S/C19H27N3O2/c1-13(2)11-16-5-7-17(8-6-16)15(4)20-10-9-19(23)21-18-12-14(3)24-22-18/h5-8,12-13,15,20H,9-11H2,1-4H3,(H,21,22,23)/t15-/m1/s1. The Morgan fingerprint density at radius 1 is 1.21 bits per heavy atom. The number of nitrogens with zero attached hydrogens (tertiary/aromatic N) is 1. The SMILES string of the molecule is Cc1cc(NC(=O)CCN[C@H](C)c2ccc(CC(C)C)cc2)no1. The van der Waals surface area contributed by atoms with Crippen molar-refractivity contribution in [2.45, 2.75) is 46.6 Å². The van der Waals surface area contributed by atoms with Gasteiger partial charge in [0, 0.05) is 25.1 Å². The highest BCUT2D eigenvalue weighted by Gasteiger charge is 2.09. The summed E-state index contributed by atoms with van der Waals surface area (Å²) in [6, 6.07) is 10.6. The van der Waals surface area contributed by atoms with Crippen LogP contribution in [-0.4, -0.2) is 17.6 Å². The third kappa shape index (κ3) is 5.81. The zero-order valence-electron chi connectivity index (χ0n) is 14.9. The molecule has 130 valence electrons. The van der Waals surface area contributed by atoms with E-state index in [1.807, 2.05) is 0 Å². The maximum atomic E-state index is 11.9. The van der Waals surface area contributed by atoms with Crippen molar-refractivity contribution < 1.29 is 9.32 Å². The van der Waals surface area contributed by atoms with Crippen molar-refractivity contribution in [3.63, 3.8) is 0 Å². The predicted octanol–water partition coefficient (Wildman–Crippen LogP) is 3.86. The molecule has 0 spiro atoms. The number of aryl methyl sites for hydroxylation is 1. The zero-order valence-corrected chi connectivity index (χ0v) is 14.9. The second-order valence-electron chi connectivity index (χ2n) is 6.64. The summed E-state index contributed by atoms with van der Waals surface area (Å²) in [5.74, 6) is 1.73. The van der Waals surface area contributed by atoms with Crippen LogP contribution < -0.4 is 10.6 Å². The van der Waals surface area contributed by atoms with Crippen LogP contribution in [0.2, 0.25) is 0 Å². The molecule has 1 amide bonds. The van der Waals surface area contributed by atoms with Crippen LogP contribution in [0.4, 0.5) is 5.82 Å². The molecule has 1 aromatic heterocycles. The van der Waals surface area contributed by atoms with Crippen LogP contribution in [0.15, 0.2) is 34.9 Å². The largest absolute Gasteiger partial charge is 0.360 e. The lowest BCUT2D eigenvalue weighted by Gasteiger charge is -2.15. The van der Waals surface area contributed by atoms with Gasteiger partial charge in [-0.3, -0.25) is 4.79 Å². The van der Waals surface area contributed by atoms with Gasteiger partial charge in [0.1, 0.15) is 5.76 Å². The minimum Gasteiger partial charge on any atom is -0.360 e. The van der Waals surface area contributed by atoms with E-state index in [9.17, 15) is 4.79 Å². The first kappa shape index (κ1) is 18.2. The molecule has 0 fully saturated rings. The highest BCUT2D eigenvalue weighted by molar-refractivity contribution is 5.89. The minimum atomic E-state index is -0.0738. The molecule has 0 bridgehead atoms. The fourth-order valence-corrected chi connectivity index (χ4v) is 2.56. The van der Waals surface area contributed by atoms with Crippen LogP contribution in [0.5, 0.6) is 0 Å². The van der Waals surface area contributed by atoms with Gasteiger partial charge in [0.05, 0.1) is 0 Å². The van der Waals surface area contributed by atoms with Gasteiger partial charge in [-0.1, -0.05) is 43.3 Å². The minimum absolute atomic E-state index is 0.0738. The quantitative estimate of drug-likeness (QED) is 0.772. The first-order valence-electron chi connectivity index (χ1n) is 8.49. The van der Waals surface area contributed by atoms with Gasteiger partial charge in [-0.05, 0) is 37.3 Å². The molecule has 5 heteroatoms. The van der Waals surface area contributed by atoms with Gasteiger partial charge in [0.25, 0.3) is 0 Å². The van der Waals surface area contributed by atoms with E-state index in [1.54, 1.807) is 13.0 Å². The van der Waals surface area contributed by atoms with Crippen molar-refractivity contribution in [2.24, 2.45) is 5.92 Å². The number of hydrogen-bond donors (Lipinski definition) is 2. The summed E-state index contributed by atoms with van der Waals surface area (Å²) in [5.41, 5.74) is 2.60. The topological polar surface area (TPSA) is 67.2 Å². The summed E-state index contributed by atoms with van der Waals surface area (Å²) < 4.78 is 4.92. The lowest BCUT2D eigenvalue weighted by Crippen LogP contribution is -2.24. The average Bonchev–Trinajstić information content (AvgIpc) is 2.92. The molecule has 1 atom stereocenters. The number of benzene rings is 1. The first-order valence-corrected chi connectivity index (χ1v) is 8.49. The van der Waals surface area contributed by atoms with E-state index in [2.05, 4.69) is 60.8 Å². The fraction of sp³-hybridized carbons (Fsp3) is 0.474. The molecule has 0 unspecified atom stereocenters. The molecule has 24 heavy (non-hydrogen) atoms. The number of rotatable bonds is 8. The van der Waals surface area contributed by atoms with Crippen molar-refractivity contribution in [2.75, 3.05) is 11.9 Å². The van der Waals surface area contributed by atoms with Crippen LogP contribution >= 0.6 is 0 Å². The van der Waals surface area contributed by atoms with E-state index in [4.69, 9.17) is 4.52 Å². The Balaban J connectivity index is 1.74. The van der Waals surface area contributed by atoms with Gasteiger partial charge in [0.15, 0.2) is 5.82 Å². The van der Waals surface area contributed by atoms with Gasteiger partial charge in [-0.15, -0.1) is 0 Å². The van der Waals surface area contributed by atoms with Gasteiger partial charge < -0.3 is 15.2 Å². The van der Waals surface area contributed by atoms with Crippen LogP contribution in [0.3, 0.4) is 0 Å². The second-order valence-corrected chi connectivity index (χ2v) is 6.64. The van der Waals surface area contributed by atoms with Crippen molar-refractivity contribution in [3.8, 4) is 0 Å². The van der Waals surface area contributed by atoms with Crippen molar-refractivity contribution in [1.29, 1.82) is 0 Å². The third-order valence-electron chi connectivity index (χ3n) is 3.82. The third-order valence-corrected chi connectivity index (χ3v) is 3.82. The molecule has 5 nitrogen and oxygen atoms in total. The molecule has 0 aliphatic rings. The number of carbonyl (C=O) groups is 1. The van der Waals surface area contributed by atoms with E-state index in [0.717, 1.165) is 6.42 Å². The summed E-state index contributed by atoms with van der Waals surface area (Å²) in [5, 5.41) is 9.84. The molecule has 0 saturated heterocycles. The van der Waals surface area contributed by atoms with Gasteiger partial charge >= 0.3 is 0 Å². The number of amides is 1. The lowest BCUT2D eigenvalue weighted by molar-refractivity contribution is -0.116. The number of aromatic nitrogens is 1. The molecule has 2 rings (SSSR count). The number of carbonyl (C=O) groups excluding carboxylic acids is 1. The van der Waals surface area contributed by atoms with E-state index < -0.39 is 0 Å². The number of hydrogen-bond acceptors (Lipinski definition) is 4. The van der Waals surface area contributed by atoms with E-state index >= 15 is 0 Å². The smallest absolute Gasteiger partial charge is 0.226 e. The molecule has 2 N–H and O–H groups in total. The molecular weight excluding hydrogens is 302 g/mol.